The molecule has 0 heterocycles. The van der Waals surface area contributed by atoms with E-state index in [1.165, 1.54) is 12.1 Å². The third kappa shape index (κ3) is 3.36. The Labute approximate surface area is 109 Å². The number of halogens is 2. The van der Waals surface area contributed by atoms with Crippen molar-refractivity contribution in [1.29, 1.82) is 0 Å². The van der Waals surface area contributed by atoms with Gasteiger partial charge in [-0.1, -0.05) is 15.9 Å². The Kier molecular flexibility index (Phi) is 3.94. The summed E-state index contributed by atoms with van der Waals surface area (Å²) in [4.78, 5) is 12.0. The first kappa shape index (κ1) is 12.7. The molecule has 0 bridgehead atoms. The molecule has 0 spiro atoms. The van der Waals surface area contributed by atoms with Gasteiger partial charge in [0, 0.05) is 22.9 Å². The number of Topliss-reactive ketones (excluding diaryl/α,β-unsaturated/α-hetero) is 1. The molecule has 0 saturated heterocycles. The van der Waals surface area contributed by atoms with E-state index < -0.39 is 0 Å². The van der Waals surface area contributed by atoms with E-state index in [0.29, 0.717) is 10.9 Å². The monoisotopic (exact) mass is 299 g/mol. The van der Waals surface area contributed by atoms with Crippen molar-refractivity contribution in [2.45, 2.75) is 31.7 Å². The number of carbonyl (C=O) groups excluding carboxylic acids is 1. The van der Waals surface area contributed by atoms with Gasteiger partial charge in [-0.05, 0) is 43.0 Å². The lowest BCUT2D eigenvalue weighted by molar-refractivity contribution is -0.122. The highest BCUT2D eigenvalue weighted by Crippen LogP contribution is 2.26. The van der Waals surface area contributed by atoms with Crippen molar-refractivity contribution < 1.29 is 9.18 Å². The first-order valence-corrected chi connectivity index (χ1v) is 6.57. The average molecular weight is 300 g/mol. The number of rotatable bonds is 3. The molecular weight excluding hydrogens is 285 g/mol. The van der Waals surface area contributed by atoms with Crippen molar-refractivity contribution in [2.24, 2.45) is 11.7 Å². The van der Waals surface area contributed by atoms with Crippen LogP contribution in [0.2, 0.25) is 0 Å². The van der Waals surface area contributed by atoms with Crippen LogP contribution in [0.3, 0.4) is 0 Å². The highest BCUT2D eigenvalue weighted by atomic mass is 79.9. The molecule has 1 aromatic rings. The Morgan fingerprint density at radius 2 is 2.18 bits per heavy atom. The zero-order valence-corrected chi connectivity index (χ0v) is 11.0. The maximum Gasteiger partial charge on any atom is 0.140 e. The number of benzene rings is 1. The molecule has 2 nitrogen and oxygen atoms in total. The summed E-state index contributed by atoms with van der Waals surface area (Å²) >= 11 is 3.22. The predicted molar refractivity (Wildman–Crippen MR) is 68.1 cm³/mol. The van der Waals surface area contributed by atoms with Crippen molar-refractivity contribution in [3.63, 3.8) is 0 Å². The van der Waals surface area contributed by atoms with Crippen LogP contribution in [-0.4, -0.2) is 11.8 Å². The van der Waals surface area contributed by atoms with Crippen molar-refractivity contribution in [3.8, 4) is 0 Å². The fourth-order valence-electron chi connectivity index (χ4n) is 2.37. The number of nitrogens with two attached hydrogens (primary N) is 1. The molecular formula is C13H15BrFNO. The summed E-state index contributed by atoms with van der Waals surface area (Å²) in [6.07, 6.45) is 2.86. The van der Waals surface area contributed by atoms with Crippen LogP contribution in [0.25, 0.3) is 0 Å². The fourth-order valence-corrected chi connectivity index (χ4v) is 2.88. The van der Waals surface area contributed by atoms with Gasteiger partial charge in [-0.25, -0.2) is 4.39 Å². The molecule has 2 atom stereocenters. The Bertz CT molecular complexity index is 415. The van der Waals surface area contributed by atoms with E-state index in [0.717, 1.165) is 24.8 Å². The predicted octanol–water partition coefficient (Wildman–Crippen LogP) is 2.83. The van der Waals surface area contributed by atoms with E-state index in [4.69, 9.17) is 5.73 Å². The Hall–Kier alpha value is -0.740. The molecule has 1 aliphatic carbocycles. The lowest BCUT2D eigenvalue weighted by Crippen LogP contribution is -2.19. The average Bonchev–Trinajstić information content (AvgIpc) is 2.63. The molecule has 0 amide bonds. The summed E-state index contributed by atoms with van der Waals surface area (Å²) in [5.41, 5.74) is 6.51. The first-order valence-electron chi connectivity index (χ1n) is 5.78. The molecule has 0 aliphatic heterocycles. The van der Waals surface area contributed by atoms with Crippen LogP contribution in [0.15, 0.2) is 22.7 Å². The Morgan fingerprint density at radius 1 is 1.41 bits per heavy atom. The third-order valence-electron chi connectivity index (χ3n) is 3.23. The molecule has 1 aliphatic rings. The highest BCUT2D eigenvalue weighted by Gasteiger charge is 2.27. The molecule has 1 aromatic carbocycles. The molecule has 2 unspecified atom stereocenters. The van der Waals surface area contributed by atoms with Gasteiger partial charge in [0.1, 0.15) is 11.6 Å². The van der Waals surface area contributed by atoms with Crippen LogP contribution in [-0.2, 0) is 11.2 Å². The number of hydrogen-bond acceptors (Lipinski definition) is 2. The van der Waals surface area contributed by atoms with Gasteiger partial charge in [-0.2, -0.15) is 0 Å². The van der Waals surface area contributed by atoms with Gasteiger partial charge in [0.2, 0.25) is 0 Å². The lowest BCUT2D eigenvalue weighted by atomic mass is 9.96. The largest absolute Gasteiger partial charge is 0.328 e. The van der Waals surface area contributed by atoms with Crippen molar-refractivity contribution in [3.05, 3.63) is 34.1 Å². The van der Waals surface area contributed by atoms with E-state index in [-0.39, 0.29) is 23.6 Å². The number of hydrogen-bond donors (Lipinski definition) is 1. The van der Waals surface area contributed by atoms with Gasteiger partial charge in [0.15, 0.2) is 0 Å². The highest BCUT2D eigenvalue weighted by molar-refractivity contribution is 9.10. The van der Waals surface area contributed by atoms with Crippen molar-refractivity contribution in [2.75, 3.05) is 0 Å². The van der Waals surface area contributed by atoms with Gasteiger partial charge in [0.25, 0.3) is 0 Å². The zero-order chi connectivity index (χ0) is 12.4. The smallest absolute Gasteiger partial charge is 0.140 e. The summed E-state index contributed by atoms with van der Waals surface area (Å²) < 4.78 is 13.8. The van der Waals surface area contributed by atoms with Crippen LogP contribution in [0.1, 0.15) is 24.8 Å². The topological polar surface area (TPSA) is 43.1 Å². The Balaban J connectivity index is 2.03. The molecule has 4 heteroatoms. The minimum Gasteiger partial charge on any atom is -0.328 e. The summed E-state index contributed by atoms with van der Waals surface area (Å²) in [6, 6.07) is 4.75. The quantitative estimate of drug-likeness (QED) is 0.933. The van der Waals surface area contributed by atoms with E-state index in [1.54, 1.807) is 6.07 Å². The van der Waals surface area contributed by atoms with E-state index in [1.807, 2.05) is 0 Å². The summed E-state index contributed by atoms with van der Waals surface area (Å²) in [5, 5.41) is 0. The fraction of sp³-hybridized carbons (Fsp3) is 0.462. The van der Waals surface area contributed by atoms with E-state index >= 15 is 0 Å². The van der Waals surface area contributed by atoms with E-state index in [9.17, 15) is 9.18 Å². The molecule has 1 fully saturated rings. The summed E-state index contributed by atoms with van der Waals surface area (Å²) in [7, 11) is 0. The Morgan fingerprint density at radius 3 is 2.76 bits per heavy atom. The second kappa shape index (κ2) is 5.27. The minimum atomic E-state index is -0.315. The van der Waals surface area contributed by atoms with Gasteiger partial charge in [0.05, 0.1) is 0 Å². The van der Waals surface area contributed by atoms with Crippen molar-refractivity contribution in [1.82, 2.24) is 0 Å². The second-order valence-electron chi connectivity index (χ2n) is 4.69. The summed E-state index contributed by atoms with van der Waals surface area (Å²) in [5.74, 6) is -0.0761. The lowest BCUT2D eigenvalue weighted by Gasteiger charge is -2.08. The molecule has 92 valence electrons. The summed E-state index contributed by atoms with van der Waals surface area (Å²) in [6.45, 7) is 0. The SMILES string of the molecule is NC1CCC(C(=O)Cc2cc(F)cc(Br)c2)C1. The molecule has 2 rings (SSSR count). The zero-order valence-electron chi connectivity index (χ0n) is 9.46. The van der Waals surface area contributed by atoms with Crippen LogP contribution >= 0.6 is 15.9 Å². The van der Waals surface area contributed by atoms with Gasteiger partial charge < -0.3 is 5.73 Å². The minimum absolute atomic E-state index is 0.0621. The van der Waals surface area contributed by atoms with Crippen LogP contribution in [0.5, 0.6) is 0 Å². The second-order valence-corrected chi connectivity index (χ2v) is 5.61. The molecule has 17 heavy (non-hydrogen) atoms. The maximum atomic E-state index is 13.2. The standard InChI is InChI=1S/C13H15BrFNO/c14-10-3-8(4-11(15)7-10)5-13(17)9-1-2-12(16)6-9/h3-4,7,9,12H,1-2,5-6,16H2. The first-order chi connectivity index (χ1) is 8.04. The van der Waals surface area contributed by atoms with Gasteiger partial charge in [-0.3, -0.25) is 4.79 Å². The van der Waals surface area contributed by atoms with Crippen molar-refractivity contribution >= 4 is 21.7 Å². The van der Waals surface area contributed by atoms with Gasteiger partial charge >= 0.3 is 0 Å². The molecule has 1 saturated carbocycles. The molecule has 0 aromatic heterocycles. The van der Waals surface area contributed by atoms with Crippen LogP contribution in [0.4, 0.5) is 4.39 Å². The molecule has 0 radical (unpaired) electrons. The van der Waals surface area contributed by atoms with E-state index in [2.05, 4.69) is 15.9 Å². The van der Waals surface area contributed by atoms with Crippen LogP contribution < -0.4 is 5.73 Å². The van der Waals surface area contributed by atoms with Gasteiger partial charge in [-0.15, -0.1) is 0 Å². The maximum absolute atomic E-state index is 13.2. The molecule has 2 N–H and O–H groups in total. The number of carbonyl (C=O) groups is 1. The number of ketones is 1. The third-order valence-corrected chi connectivity index (χ3v) is 3.69. The normalized spacial score (nSPS) is 23.9. The van der Waals surface area contributed by atoms with Crippen LogP contribution in [0, 0.1) is 11.7 Å².